The predicted octanol–water partition coefficient (Wildman–Crippen LogP) is 3.64. The molecule has 0 bridgehead atoms. The van der Waals surface area contributed by atoms with Crippen LogP contribution in [0.5, 0.6) is 5.75 Å². The molecule has 1 aromatic heterocycles. The van der Waals surface area contributed by atoms with Gasteiger partial charge in [0.05, 0.1) is 23.5 Å². The molecule has 1 aliphatic rings. The molecule has 1 aromatic carbocycles. The van der Waals surface area contributed by atoms with Gasteiger partial charge in [0, 0.05) is 12.1 Å². The number of rotatable bonds is 4. The van der Waals surface area contributed by atoms with E-state index >= 15 is 0 Å². The van der Waals surface area contributed by atoms with E-state index in [4.69, 9.17) is 10.00 Å². The first-order valence-electron chi connectivity index (χ1n) is 8.47. The summed E-state index contributed by atoms with van der Waals surface area (Å²) in [6, 6.07) is 13.5. The number of aromatic nitrogens is 1. The van der Waals surface area contributed by atoms with Crippen molar-refractivity contribution in [2.75, 3.05) is 13.1 Å². The third kappa shape index (κ3) is 4.83. The lowest BCUT2D eigenvalue weighted by atomic mass is 9.92. The zero-order valence-electron chi connectivity index (χ0n) is 14.5. The van der Waals surface area contributed by atoms with Crippen LogP contribution in [0.3, 0.4) is 0 Å². The number of nitrogens with zero attached hydrogens (tertiary/aromatic N) is 2. The molecule has 1 saturated heterocycles. The standard InChI is InChI=1S/C19H21N3O.C2H2/c1-2-15-9-10-21-13-19(15)23-17-7-8-18(22-12-17)16-5-3-14(11-20)4-6-16;1-2/h3-8,12,15,19,21H,2,9-10,13H2,1H3;1-2H/t15?,19-;/m0./s1. The van der Waals surface area contributed by atoms with Crippen molar-refractivity contribution in [1.29, 1.82) is 5.26 Å². The van der Waals surface area contributed by atoms with E-state index in [0.29, 0.717) is 11.5 Å². The van der Waals surface area contributed by atoms with Crippen LogP contribution in [-0.2, 0) is 0 Å². The first-order chi connectivity index (χ1) is 12.3. The molecule has 3 rings (SSSR count). The molecule has 1 fully saturated rings. The van der Waals surface area contributed by atoms with Crippen LogP contribution in [0.15, 0.2) is 42.6 Å². The maximum Gasteiger partial charge on any atom is 0.138 e. The summed E-state index contributed by atoms with van der Waals surface area (Å²) in [5, 5.41) is 12.2. The van der Waals surface area contributed by atoms with Gasteiger partial charge in [0.1, 0.15) is 11.9 Å². The Morgan fingerprint density at radius 3 is 2.60 bits per heavy atom. The molecule has 4 heteroatoms. The zero-order valence-corrected chi connectivity index (χ0v) is 14.5. The molecule has 1 N–H and O–H groups in total. The largest absolute Gasteiger partial charge is 0.487 e. The van der Waals surface area contributed by atoms with Crippen LogP contribution in [0.1, 0.15) is 25.3 Å². The highest BCUT2D eigenvalue weighted by molar-refractivity contribution is 5.60. The van der Waals surface area contributed by atoms with Crippen LogP contribution in [0, 0.1) is 30.1 Å². The van der Waals surface area contributed by atoms with Gasteiger partial charge in [-0.15, -0.1) is 12.8 Å². The summed E-state index contributed by atoms with van der Waals surface area (Å²) in [5.41, 5.74) is 2.54. The normalized spacial score (nSPS) is 19.1. The highest BCUT2D eigenvalue weighted by atomic mass is 16.5. The SMILES string of the molecule is C#C.CCC1CCNC[C@@H]1Oc1ccc(-c2ccc(C#N)cc2)nc1. The summed E-state index contributed by atoms with van der Waals surface area (Å²) < 4.78 is 6.12. The average molecular weight is 333 g/mol. The van der Waals surface area contributed by atoms with Gasteiger partial charge in [0.2, 0.25) is 0 Å². The van der Waals surface area contributed by atoms with Crippen molar-refractivity contribution in [3.8, 4) is 35.9 Å². The molecular weight excluding hydrogens is 310 g/mol. The van der Waals surface area contributed by atoms with E-state index in [2.05, 4.69) is 36.1 Å². The Hall–Kier alpha value is -2.82. The van der Waals surface area contributed by atoms with Gasteiger partial charge in [0.25, 0.3) is 0 Å². The third-order valence-electron chi connectivity index (χ3n) is 4.42. The molecule has 0 amide bonds. The molecular formula is C21H23N3O. The Labute approximate surface area is 149 Å². The van der Waals surface area contributed by atoms with Gasteiger partial charge in [-0.1, -0.05) is 19.1 Å². The highest BCUT2D eigenvalue weighted by Gasteiger charge is 2.25. The van der Waals surface area contributed by atoms with Crippen molar-refractivity contribution in [2.45, 2.75) is 25.9 Å². The number of pyridine rings is 1. The second-order valence-corrected chi connectivity index (χ2v) is 5.89. The number of hydrogen-bond acceptors (Lipinski definition) is 4. The molecule has 1 unspecified atom stereocenters. The topological polar surface area (TPSA) is 57.9 Å². The monoisotopic (exact) mass is 333 g/mol. The molecule has 2 heterocycles. The van der Waals surface area contributed by atoms with Crippen molar-refractivity contribution >= 4 is 0 Å². The number of hydrogen-bond donors (Lipinski definition) is 1. The fraction of sp³-hybridized carbons (Fsp3) is 0.333. The lowest BCUT2D eigenvalue weighted by Gasteiger charge is -2.31. The van der Waals surface area contributed by atoms with E-state index in [-0.39, 0.29) is 6.10 Å². The van der Waals surface area contributed by atoms with Gasteiger partial charge in [-0.2, -0.15) is 5.26 Å². The smallest absolute Gasteiger partial charge is 0.138 e. The number of nitrogens with one attached hydrogen (secondary N) is 1. The minimum atomic E-state index is 0.219. The Morgan fingerprint density at radius 1 is 1.24 bits per heavy atom. The molecule has 25 heavy (non-hydrogen) atoms. The van der Waals surface area contributed by atoms with Crippen LogP contribution >= 0.6 is 0 Å². The van der Waals surface area contributed by atoms with Gasteiger partial charge in [-0.25, -0.2) is 0 Å². The van der Waals surface area contributed by atoms with Gasteiger partial charge in [-0.05, 0) is 49.6 Å². The number of nitriles is 1. The Morgan fingerprint density at radius 2 is 2.00 bits per heavy atom. The molecule has 0 spiro atoms. The van der Waals surface area contributed by atoms with Crippen molar-refractivity contribution in [1.82, 2.24) is 10.3 Å². The fourth-order valence-corrected chi connectivity index (χ4v) is 3.00. The van der Waals surface area contributed by atoms with Crippen LogP contribution < -0.4 is 10.1 Å². The van der Waals surface area contributed by atoms with Crippen LogP contribution in [0.4, 0.5) is 0 Å². The summed E-state index contributed by atoms with van der Waals surface area (Å²) in [5.74, 6) is 1.42. The van der Waals surface area contributed by atoms with Crippen molar-refractivity contribution in [3.05, 3.63) is 48.2 Å². The molecule has 2 atom stereocenters. The second kappa shape index (κ2) is 9.47. The Kier molecular flexibility index (Phi) is 7.01. The van der Waals surface area contributed by atoms with E-state index in [1.807, 2.05) is 24.3 Å². The quantitative estimate of drug-likeness (QED) is 0.868. The van der Waals surface area contributed by atoms with Crippen molar-refractivity contribution in [3.63, 3.8) is 0 Å². The van der Waals surface area contributed by atoms with Crippen molar-refractivity contribution in [2.24, 2.45) is 5.92 Å². The second-order valence-electron chi connectivity index (χ2n) is 5.89. The molecule has 0 aliphatic carbocycles. The predicted molar refractivity (Wildman–Crippen MR) is 100.0 cm³/mol. The zero-order chi connectivity index (χ0) is 18.1. The van der Waals surface area contributed by atoms with Crippen LogP contribution in [0.2, 0.25) is 0 Å². The lowest BCUT2D eigenvalue weighted by molar-refractivity contribution is 0.102. The third-order valence-corrected chi connectivity index (χ3v) is 4.42. The van der Waals surface area contributed by atoms with Gasteiger partial charge in [0.15, 0.2) is 0 Å². The first-order valence-corrected chi connectivity index (χ1v) is 8.47. The van der Waals surface area contributed by atoms with Crippen LogP contribution in [0.25, 0.3) is 11.3 Å². The number of terminal acetylenes is 1. The maximum atomic E-state index is 8.85. The lowest BCUT2D eigenvalue weighted by Crippen LogP contribution is -2.43. The summed E-state index contributed by atoms with van der Waals surface area (Å²) in [6.07, 6.45) is 12.3. The summed E-state index contributed by atoms with van der Waals surface area (Å²) in [7, 11) is 0. The molecule has 0 radical (unpaired) electrons. The van der Waals surface area contributed by atoms with E-state index < -0.39 is 0 Å². The molecule has 0 saturated carbocycles. The van der Waals surface area contributed by atoms with E-state index in [9.17, 15) is 0 Å². The maximum absolute atomic E-state index is 8.85. The minimum Gasteiger partial charge on any atom is -0.487 e. The van der Waals surface area contributed by atoms with E-state index in [0.717, 1.165) is 42.9 Å². The molecule has 2 aromatic rings. The fourth-order valence-electron chi connectivity index (χ4n) is 3.00. The molecule has 128 valence electrons. The number of ether oxygens (including phenoxy) is 1. The Bertz CT molecular complexity index is 714. The van der Waals surface area contributed by atoms with Crippen molar-refractivity contribution < 1.29 is 4.74 Å². The Balaban J connectivity index is 0.00000109. The minimum absolute atomic E-state index is 0.219. The first kappa shape index (κ1) is 18.5. The molecule has 1 aliphatic heterocycles. The highest BCUT2D eigenvalue weighted by Crippen LogP contribution is 2.24. The van der Waals surface area contributed by atoms with Gasteiger partial charge >= 0.3 is 0 Å². The van der Waals surface area contributed by atoms with E-state index in [1.165, 1.54) is 0 Å². The van der Waals surface area contributed by atoms with Crippen LogP contribution in [-0.4, -0.2) is 24.2 Å². The van der Waals surface area contributed by atoms with Gasteiger partial charge < -0.3 is 10.1 Å². The number of benzene rings is 1. The van der Waals surface area contributed by atoms with E-state index in [1.54, 1.807) is 18.3 Å². The number of piperidine rings is 1. The summed E-state index contributed by atoms with van der Waals surface area (Å²) in [4.78, 5) is 4.49. The van der Waals surface area contributed by atoms with Gasteiger partial charge in [-0.3, -0.25) is 4.98 Å². The summed E-state index contributed by atoms with van der Waals surface area (Å²) in [6.45, 7) is 4.20. The molecule has 4 nitrogen and oxygen atoms in total. The average Bonchev–Trinajstić information content (AvgIpc) is 2.70. The summed E-state index contributed by atoms with van der Waals surface area (Å²) >= 11 is 0.